The van der Waals surface area contributed by atoms with Crippen LogP contribution in [0.1, 0.15) is 38.2 Å². The molecule has 0 saturated carbocycles. The van der Waals surface area contributed by atoms with Gasteiger partial charge in [0.2, 0.25) is 5.91 Å². The fourth-order valence-corrected chi connectivity index (χ4v) is 3.08. The second-order valence-electron chi connectivity index (χ2n) is 7.71. The van der Waals surface area contributed by atoms with Gasteiger partial charge in [-0.1, -0.05) is 6.58 Å². The van der Waals surface area contributed by atoms with Crippen molar-refractivity contribution in [1.82, 2.24) is 15.6 Å². The maximum Gasteiger partial charge on any atom is 0.412 e. The number of carboxylic acids is 1. The van der Waals surface area contributed by atoms with Crippen molar-refractivity contribution in [1.29, 1.82) is 0 Å². The summed E-state index contributed by atoms with van der Waals surface area (Å²) in [6.07, 6.45) is -0.566. The Hall–Kier alpha value is -3.73. The van der Waals surface area contributed by atoms with Crippen LogP contribution in [-0.2, 0) is 14.3 Å². The molecule has 1 atom stereocenters. The van der Waals surface area contributed by atoms with Crippen LogP contribution in [0.4, 0.5) is 10.5 Å². The van der Waals surface area contributed by atoms with Gasteiger partial charge in [0.15, 0.2) is 0 Å². The summed E-state index contributed by atoms with van der Waals surface area (Å²) in [4.78, 5) is 51.1. The number of hydrogen-bond donors (Lipinski definition) is 4. The second-order valence-corrected chi connectivity index (χ2v) is 8.57. The molecule has 3 amide bonds. The maximum absolute atomic E-state index is 12.4. The van der Waals surface area contributed by atoms with E-state index in [9.17, 15) is 19.2 Å². The monoisotopic (exact) mass is 460 g/mol. The topological polar surface area (TPSA) is 147 Å². The number of nitrogens with one attached hydrogen (secondary N) is 3. The minimum absolute atomic E-state index is 0.109. The second kappa shape index (κ2) is 10.1. The van der Waals surface area contributed by atoms with Crippen LogP contribution >= 0.6 is 11.3 Å². The molecule has 0 spiro atoms. The van der Waals surface area contributed by atoms with Gasteiger partial charge >= 0.3 is 12.1 Å². The number of carbonyl (C=O) groups excluding carboxylic acids is 3. The number of amides is 3. The molecule has 1 aromatic carbocycles. The lowest BCUT2D eigenvalue weighted by Crippen LogP contribution is -2.45. The number of aromatic nitrogens is 1. The molecule has 170 valence electrons. The molecule has 2 rings (SSSR count). The Labute approximate surface area is 188 Å². The number of thiazole rings is 1. The van der Waals surface area contributed by atoms with Crippen molar-refractivity contribution in [2.75, 3.05) is 5.32 Å². The van der Waals surface area contributed by atoms with Gasteiger partial charge in [-0.15, -0.1) is 11.3 Å². The van der Waals surface area contributed by atoms with E-state index in [1.54, 1.807) is 50.4 Å². The third-order valence-corrected chi connectivity index (χ3v) is 4.68. The number of carboxylic acid groups (broad SMARTS) is 1. The van der Waals surface area contributed by atoms with Crippen molar-refractivity contribution in [2.45, 2.75) is 39.3 Å². The predicted molar refractivity (Wildman–Crippen MR) is 119 cm³/mol. The number of nitrogens with zero attached hydrogens (tertiary/aromatic N) is 1. The fourth-order valence-electron chi connectivity index (χ4n) is 2.27. The zero-order chi connectivity index (χ0) is 24.1. The highest BCUT2D eigenvalue weighted by molar-refractivity contribution is 7.13. The molecule has 0 aliphatic carbocycles. The number of benzene rings is 1. The van der Waals surface area contributed by atoms with E-state index < -0.39 is 41.2 Å². The highest BCUT2D eigenvalue weighted by atomic mass is 32.1. The average Bonchev–Trinajstić information content (AvgIpc) is 3.17. The standard InChI is InChI=1S/C21H24N4O6S/c1-11(16(26)23-12(2)19(28)29)22-17(27)15-10-32-18(25-15)13-6-8-14(9-7-13)24-20(30)31-21(3,4)5/h6-11H,2H2,1,3-5H3,(H,22,27)(H,23,26)(H,24,30)(H,28,29). The Morgan fingerprint density at radius 2 is 1.78 bits per heavy atom. The molecule has 1 heterocycles. The number of hydrogen-bond acceptors (Lipinski definition) is 7. The summed E-state index contributed by atoms with van der Waals surface area (Å²) in [6.45, 7) is 9.92. The SMILES string of the molecule is C=C(NC(=O)C(C)NC(=O)c1csc(-c2ccc(NC(=O)OC(C)(C)C)cc2)n1)C(=O)O. The van der Waals surface area contributed by atoms with Crippen LogP contribution < -0.4 is 16.0 Å². The first kappa shape index (κ1) is 24.5. The Bertz CT molecular complexity index is 1040. The lowest BCUT2D eigenvalue weighted by molar-refractivity contribution is -0.134. The molecular weight excluding hydrogens is 436 g/mol. The van der Waals surface area contributed by atoms with Crippen molar-refractivity contribution < 1.29 is 29.0 Å². The van der Waals surface area contributed by atoms with E-state index in [2.05, 4.69) is 27.5 Å². The zero-order valence-corrected chi connectivity index (χ0v) is 18.8. The van der Waals surface area contributed by atoms with E-state index in [1.165, 1.54) is 18.3 Å². The molecule has 10 nitrogen and oxygen atoms in total. The fraction of sp³-hybridized carbons (Fsp3) is 0.286. The van der Waals surface area contributed by atoms with Gasteiger partial charge in [0.05, 0.1) is 0 Å². The molecule has 1 unspecified atom stereocenters. The number of aliphatic carboxylic acids is 1. The molecule has 0 saturated heterocycles. The first-order chi connectivity index (χ1) is 14.9. The third kappa shape index (κ3) is 7.20. The quantitative estimate of drug-likeness (QED) is 0.464. The van der Waals surface area contributed by atoms with Crippen LogP contribution in [-0.4, -0.2) is 45.6 Å². The summed E-state index contributed by atoms with van der Waals surface area (Å²) in [5.74, 6) is -2.66. The molecule has 0 radical (unpaired) electrons. The van der Waals surface area contributed by atoms with Crippen molar-refractivity contribution in [3.05, 3.63) is 47.6 Å². The molecule has 0 fully saturated rings. The minimum atomic E-state index is -1.37. The number of anilines is 1. The van der Waals surface area contributed by atoms with Crippen LogP contribution in [0.3, 0.4) is 0 Å². The Balaban J connectivity index is 1.98. The first-order valence-electron chi connectivity index (χ1n) is 9.45. The highest BCUT2D eigenvalue weighted by Gasteiger charge is 2.21. The number of carbonyl (C=O) groups is 4. The molecule has 0 aliphatic heterocycles. The third-order valence-electron chi connectivity index (χ3n) is 3.79. The van der Waals surface area contributed by atoms with Gasteiger partial charge in [-0.2, -0.15) is 0 Å². The summed E-state index contributed by atoms with van der Waals surface area (Å²) in [7, 11) is 0. The molecule has 11 heteroatoms. The lowest BCUT2D eigenvalue weighted by Gasteiger charge is -2.19. The van der Waals surface area contributed by atoms with E-state index in [0.717, 1.165) is 5.56 Å². The maximum atomic E-state index is 12.4. The number of rotatable bonds is 7. The largest absolute Gasteiger partial charge is 0.477 e. The van der Waals surface area contributed by atoms with Crippen LogP contribution in [0.15, 0.2) is 41.9 Å². The van der Waals surface area contributed by atoms with E-state index >= 15 is 0 Å². The highest BCUT2D eigenvalue weighted by Crippen LogP contribution is 2.25. The lowest BCUT2D eigenvalue weighted by atomic mass is 10.2. The van der Waals surface area contributed by atoms with Gasteiger partial charge in [-0.05, 0) is 52.0 Å². The Morgan fingerprint density at radius 1 is 1.16 bits per heavy atom. The molecular formula is C21H24N4O6S. The van der Waals surface area contributed by atoms with Crippen LogP contribution in [0.5, 0.6) is 0 Å². The van der Waals surface area contributed by atoms with Crippen molar-refractivity contribution in [3.63, 3.8) is 0 Å². The van der Waals surface area contributed by atoms with E-state index in [4.69, 9.17) is 9.84 Å². The van der Waals surface area contributed by atoms with Crippen LogP contribution in [0.2, 0.25) is 0 Å². The van der Waals surface area contributed by atoms with Gasteiger partial charge in [-0.3, -0.25) is 14.9 Å². The molecule has 32 heavy (non-hydrogen) atoms. The van der Waals surface area contributed by atoms with Gasteiger partial charge in [0, 0.05) is 16.6 Å². The van der Waals surface area contributed by atoms with Crippen LogP contribution in [0, 0.1) is 0 Å². The summed E-state index contributed by atoms with van der Waals surface area (Å²) in [5.41, 5.74) is 0.284. The summed E-state index contributed by atoms with van der Waals surface area (Å²) in [5, 5.41) is 18.0. The summed E-state index contributed by atoms with van der Waals surface area (Å²) >= 11 is 1.23. The Kier molecular flexibility index (Phi) is 7.71. The first-order valence-corrected chi connectivity index (χ1v) is 10.3. The average molecular weight is 461 g/mol. The number of ether oxygens (including phenoxy) is 1. The zero-order valence-electron chi connectivity index (χ0n) is 18.0. The van der Waals surface area contributed by atoms with E-state index in [0.29, 0.717) is 10.7 Å². The molecule has 1 aromatic heterocycles. The van der Waals surface area contributed by atoms with E-state index in [-0.39, 0.29) is 5.69 Å². The van der Waals surface area contributed by atoms with Crippen molar-refractivity contribution in [2.24, 2.45) is 0 Å². The molecule has 4 N–H and O–H groups in total. The minimum Gasteiger partial charge on any atom is -0.477 e. The van der Waals surface area contributed by atoms with Crippen molar-refractivity contribution >= 4 is 40.9 Å². The molecule has 0 bridgehead atoms. The van der Waals surface area contributed by atoms with Gasteiger partial charge in [0.25, 0.3) is 5.91 Å². The van der Waals surface area contributed by atoms with Crippen molar-refractivity contribution in [3.8, 4) is 10.6 Å². The van der Waals surface area contributed by atoms with Gasteiger partial charge in [-0.25, -0.2) is 14.6 Å². The normalized spacial score (nSPS) is 11.8. The Morgan fingerprint density at radius 3 is 2.34 bits per heavy atom. The van der Waals surface area contributed by atoms with Gasteiger partial charge in [0.1, 0.15) is 28.0 Å². The molecule has 2 aromatic rings. The summed E-state index contributed by atoms with van der Waals surface area (Å²) < 4.78 is 5.20. The van der Waals surface area contributed by atoms with E-state index in [1.807, 2.05) is 0 Å². The van der Waals surface area contributed by atoms with Gasteiger partial charge < -0.3 is 20.5 Å². The smallest absolute Gasteiger partial charge is 0.412 e. The van der Waals surface area contributed by atoms with Crippen LogP contribution in [0.25, 0.3) is 10.6 Å². The predicted octanol–water partition coefficient (Wildman–Crippen LogP) is 2.99. The molecule has 0 aliphatic rings. The summed E-state index contributed by atoms with van der Waals surface area (Å²) in [6, 6.07) is 5.84.